The molecular weight excluding hydrogens is 294 g/mol. The van der Waals surface area contributed by atoms with Crippen LogP contribution >= 0.6 is 12.2 Å². The fraction of sp³-hybridized carbons (Fsp3) is 0.235. The first-order valence-corrected chi connectivity index (χ1v) is 7.65. The van der Waals surface area contributed by atoms with Crippen LogP contribution in [0, 0.1) is 0 Å². The van der Waals surface area contributed by atoms with Crippen molar-refractivity contribution in [3.63, 3.8) is 0 Å². The first-order valence-electron chi connectivity index (χ1n) is 7.24. The highest BCUT2D eigenvalue weighted by atomic mass is 32.1. The minimum atomic E-state index is -0.474. The van der Waals surface area contributed by atoms with Crippen molar-refractivity contribution in [2.45, 2.75) is 12.5 Å². The Balaban J connectivity index is 1.71. The van der Waals surface area contributed by atoms with Crippen LogP contribution in [0.1, 0.15) is 17.2 Å². The summed E-state index contributed by atoms with van der Waals surface area (Å²) in [5, 5.41) is 16.5. The number of anilines is 1. The van der Waals surface area contributed by atoms with E-state index in [-0.39, 0.29) is 5.11 Å². The van der Waals surface area contributed by atoms with E-state index in [1.54, 1.807) is 0 Å². The van der Waals surface area contributed by atoms with Crippen LogP contribution in [0.15, 0.2) is 54.6 Å². The number of hydrogen-bond acceptors (Lipinski definition) is 3. The zero-order chi connectivity index (χ0) is 15.8. The van der Waals surface area contributed by atoms with Crippen LogP contribution in [-0.2, 0) is 6.42 Å². The Morgan fingerprint density at radius 2 is 1.77 bits per heavy atom. The number of nitrogens with one attached hydrogen (secondary N) is 2. The van der Waals surface area contributed by atoms with Gasteiger partial charge in [-0.25, -0.2) is 0 Å². The van der Waals surface area contributed by atoms with Crippen molar-refractivity contribution in [2.75, 3.05) is 18.4 Å². The molecule has 0 bridgehead atoms. The summed E-state index contributed by atoms with van der Waals surface area (Å²) in [6.45, 7) is 1.36. The van der Waals surface area contributed by atoms with Crippen LogP contribution in [-0.4, -0.2) is 23.3 Å². The molecule has 1 atom stereocenters. The molecule has 4 nitrogen and oxygen atoms in total. The number of benzene rings is 2. The summed E-state index contributed by atoms with van der Waals surface area (Å²) in [6, 6.07) is 17.6. The van der Waals surface area contributed by atoms with Gasteiger partial charge in [-0.15, -0.1) is 0 Å². The Morgan fingerprint density at radius 3 is 2.41 bits per heavy atom. The van der Waals surface area contributed by atoms with Gasteiger partial charge in [0.05, 0.1) is 6.10 Å². The van der Waals surface area contributed by atoms with E-state index in [2.05, 4.69) is 10.6 Å². The van der Waals surface area contributed by atoms with Crippen LogP contribution < -0.4 is 16.4 Å². The van der Waals surface area contributed by atoms with Crippen LogP contribution in [0.5, 0.6) is 0 Å². The largest absolute Gasteiger partial charge is 0.387 e. The number of rotatable bonds is 7. The molecular formula is C17H21N3OS. The Morgan fingerprint density at radius 1 is 1.09 bits per heavy atom. The van der Waals surface area contributed by atoms with Crippen LogP contribution in [0.2, 0.25) is 0 Å². The molecule has 2 rings (SSSR count). The fourth-order valence-electron chi connectivity index (χ4n) is 2.16. The third-order valence-corrected chi connectivity index (χ3v) is 3.44. The van der Waals surface area contributed by atoms with Gasteiger partial charge < -0.3 is 21.5 Å². The lowest BCUT2D eigenvalue weighted by atomic mass is 10.1. The first-order chi connectivity index (χ1) is 10.6. The number of nitrogens with two attached hydrogens (primary N) is 1. The predicted molar refractivity (Wildman–Crippen MR) is 94.8 cm³/mol. The molecule has 116 valence electrons. The van der Waals surface area contributed by atoms with Gasteiger partial charge in [-0.3, -0.25) is 0 Å². The van der Waals surface area contributed by atoms with E-state index in [1.165, 1.54) is 5.56 Å². The van der Waals surface area contributed by atoms with E-state index in [9.17, 15) is 5.11 Å². The molecule has 0 saturated heterocycles. The summed E-state index contributed by atoms with van der Waals surface area (Å²) in [7, 11) is 0. The molecule has 0 aliphatic heterocycles. The van der Waals surface area contributed by atoms with Crippen molar-refractivity contribution in [1.82, 2.24) is 5.32 Å². The summed E-state index contributed by atoms with van der Waals surface area (Å²) in [5.41, 5.74) is 8.47. The smallest absolute Gasteiger partial charge is 0.168 e. The maximum atomic E-state index is 10.0. The number of aliphatic hydroxyl groups excluding tert-OH is 1. The monoisotopic (exact) mass is 315 g/mol. The molecule has 0 aromatic heterocycles. The maximum Gasteiger partial charge on any atom is 0.168 e. The second kappa shape index (κ2) is 8.48. The van der Waals surface area contributed by atoms with E-state index in [4.69, 9.17) is 18.0 Å². The molecule has 0 fully saturated rings. The van der Waals surface area contributed by atoms with Gasteiger partial charge in [0.25, 0.3) is 0 Å². The molecule has 0 spiro atoms. The van der Waals surface area contributed by atoms with Gasteiger partial charge in [0.2, 0.25) is 0 Å². The van der Waals surface area contributed by atoms with Crippen molar-refractivity contribution in [3.05, 3.63) is 65.7 Å². The Labute approximate surface area is 136 Å². The highest BCUT2D eigenvalue weighted by Crippen LogP contribution is 2.11. The van der Waals surface area contributed by atoms with Crippen molar-refractivity contribution >= 4 is 23.0 Å². The highest BCUT2D eigenvalue weighted by Gasteiger charge is 2.05. The topological polar surface area (TPSA) is 70.3 Å². The Kier molecular flexibility index (Phi) is 6.33. The van der Waals surface area contributed by atoms with Crippen molar-refractivity contribution in [1.29, 1.82) is 0 Å². The molecule has 0 heterocycles. The average Bonchev–Trinajstić information content (AvgIpc) is 2.53. The standard InChI is InChI=1S/C17H21N3OS/c18-17(22)20-15-8-6-13(7-9-15)10-11-19-12-16(21)14-4-2-1-3-5-14/h1-9,16,19,21H,10-12H2,(H3,18,20,22). The lowest BCUT2D eigenvalue weighted by Gasteiger charge is -2.12. The Hall–Kier alpha value is -1.95. The molecule has 5 heteroatoms. The summed E-state index contributed by atoms with van der Waals surface area (Å²) in [4.78, 5) is 0. The predicted octanol–water partition coefficient (Wildman–Crippen LogP) is 2.21. The molecule has 2 aromatic carbocycles. The molecule has 0 amide bonds. The normalized spacial score (nSPS) is 11.9. The van der Waals surface area contributed by atoms with Crippen LogP contribution in [0.3, 0.4) is 0 Å². The molecule has 0 saturated carbocycles. The SMILES string of the molecule is NC(=S)Nc1ccc(CCNCC(O)c2ccccc2)cc1. The van der Waals surface area contributed by atoms with Crippen LogP contribution in [0.4, 0.5) is 5.69 Å². The number of hydrogen-bond donors (Lipinski definition) is 4. The summed E-state index contributed by atoms with van der Waals surface area (Å²) >= 11 is 4.79. The van der Waals surface area contributed by atoms with E-state index in [0.717, 1.165) is 24.2 Å². The zero-order valence-corrected chi connectivity index (χ0v) is 13.1. The summed E-state index contributed by atoms with van der Waals surface area (Å²) in [5.74, 6) is 0. The van der Waals surface area contributed by atoms with E-state index in [0.29, 0.717) is 6.54 Å². The summed E-state index contributed by atoms with van der Waals surface area (Å²) in [6.07, 6.45) is 0.424. The fourth-order valence-corrected chi connectivity index (χ4v) is 2.28. The second-order valence-corrected chi connectivity index (χ2v) is 5.51. The number of aliphatic hydroxyl groups is 1. The van der Waals surface area contributed by atoms with Gasteiger partial charge >= 0.3 is 0 Å². The first kappa shape index (κ1) is 16.4. The van der Waals surface area contributed by atoms with Gasteiger partial charge in [-0.2, -0.15) is 0 Å². The van der Waals surface area contributed by atoms with Crippen molar-refractivity contribution in [3.8, 4) is 0 Å². The third kappa shape index (κ3) is 5.44. The molecule has 0 aliphatic carbocycles. The highest BCUT2D eigenvalue weighted by molar-refractivity contribution is 7.80. The van der Waals surface area contributed by atoms with E-state index < -0.39 is 6.10 Å². The molecule has 0 radical (unpaired) electrons. The van der Waals surface area contributed by atoms with Gasteiger partial charge in [0, 0.05) is 12.2 Å². The molecule has 1 unspecified atom stereocenters. The Bertz CT molecular complexity index is 587. The molecule has 5 N–H and O–H groups in total. The quantitative estimate of drug-likeness (QED) is 0.466. The second-order valence-electron chi connectivity index (χ2n) is 5.07. The van der Waals surface area contributed by atoms with Crippen molar-refractivity contribution in [2.24, 2.45) is 5.73 Å². The molecule has 0 aliphatic rings. The minimum absolute atomic E-state index is 0.268. The van der Waals surface area contributed by atoms with E-state index in [1.807, 2.05) is 54.6 Å². The van der Waals surface area contributed by atoms with Crippen molar-refractivity contribution < 1.29 is 5.11 Å². The van der Waals surface area contributed by atoms with Gasteiger partial charge in [0.1, 0.15) is 0 Å². The minimum Gasteiger partial charge on any atom is -0.387 e. The number of thiocarbonyl (C=S) groups is 1. The zero-order valence-electron chi connectivity index (χ0n) is 12.3. The lowest BCUT2D eigenvalue weighted by molar-refractivity contribution is 0.175. The van der Waals surface area contributed by atoms with Gasteiger partial charge in [-0.1, -0.05) is 42.5 Å². The average molecular weight is 315 g/mol. The van der Waals surface area contributed by atoms with Gasteiger partial charge in [-0.05, 0) is 48.4 Å². The maximum absolute atomic E-state index is 10.0. The van der Waals surface area contributed by atoms with Gasteiger partial charge in [0.15, 0.2) is 5.11 Å². The third-order valence-electron chi connectivity index (χ3n) is 3.33. The molecule has 2 aromatic rings. The van der Waals surface area contributed by atoms with E-state index >= 15 is 0 Å². The molecule has 22 heavy (non-hydrogen) atoms. The van der Waals surface area contributed by atoms with Crippen LogP contribution in [0.25, 0.3) is 0 Å². The lowest BCUT2D eigenvalue weighted by Crippen LogP contribution is -2.23. The summed E-state index contributed by atoms with van der Waals surface area (Å²) < 4.78 is 0.